The second kappa shape index (κ2) is 7.12. The van der Waals surface area contributed by atoms with Crippen molar-refractivity contribution in [2.45, 2.75) is 33.3 Å². The lowest BCUT2D eigenvalue weighted by Gasteiger charge is -2.12. The molecule has 1 unspecified atom stereocenters. The molecule has 0 spiro atoms. The first-order chi connectivity index (χ1) is 7.06. The standard InChI is InChI=1S/C12H19NO2/c1-6-11(8-14)12(10(4)15-5)13-7-9(2)3/h7-8,10H,2,6H2,1,3-5H3/b12-11+,13-7?. The summed E-state index contributed by atoms with van der Waals surface area (Å²) in [5.41, 5.74) is 2.19. The third-order valence-corrected chi connectivity index (χ3v) is 2.01. The number of hydrogen-bond donors (Lipinski definition) is 0. The molecular formula is C12H19NO2. The van der Waals surface area contributed by atoms with Crippen LogP contribution in [0.5, 0.6) is 0 Å². The molecule has 0 radical (unpaired) electrons. The van der Waals surface area contributed by atoms with E-state index in [1.54, 1.807) is 13.3 Å². The fourth-order valence-corrected chi connectivity index (χ4v) is 1.07. The first-order valence-corrected chi connectivity index (χ1v) is 4.97. The van der Waals surface area contributed by atoms with Gasteiger partial charge in [-0.3, -0.25) is 9.79 Å². The summed E-state index contributed by atoms with van der Waals surface area (Å²) in [5, 5.41) is 0. The van der Waals surface area contributed by atoms with Crippen LogP contribution in [0.2, 0.25) is 0 Å². The summed E-state index contributed by atoms with van der Waals surface area (Å²) in [4.78, 5) is 15.1. The van der Waals surface area contributed by atoms with Crippen LogP contribution >= 0.6 is 0 Å². The Labute approximate surface area is 91.5 Å². The Morgan fingerprint density at radius 1 is 1.60 bits per heavy atom. The van der Waals surface area contributed by atoms with Crippen molar-refractivity contribution < 1.29 is 9.53 Å². The number of aldehydes is 1. The van der Waals surface area contributed by atoms with Gasteiger partial charge in [-0.15, -0.1) is 0 Å². The van der Waals surface area contributed by atoms with Gasteiger partial charge in [-0.05, 0) is 25.8 Å². The van der Waals surface area contributed by atoms with Crippen molar-refractivity contribution in [3.63, 3.8) is 0 Å². The van der Waals surface area contributed by atoms with Crippen molar-refractivity contribution in [3.8, 4) is 0 Å². The van der Waals surface area contributed by atoms with E-state index in [2.05, 4.69) is 11.6 Å². The second-order valence-corrected chi connectivity index (χ2v) is 3.36. The number of nitrogens with zero attached hydrogens (tertiary/aromatic N) is 1. The van der Waals surface area contributed by atoms with Crippen LogP contribution in [0.4, 0.5) is 0 Å². The average Bonchev–Trinajstić information content (AvgIpc) is 2.22. The predicted octanol–water partition coefficient (Wildman–Crippen LogP) is 2.53. The van der Waals surface area contributed by atoms with Gasteiger partial charge in [-0.25, -0.2) is 0 Å². The minimum Gasteiger partial charge on any atom is -0.375 e. The Kier molecular flexibility index (Phi) is 6.54. The number of rotatable bonds is 6. The second-order valence-electron chi connectivity index (χ2n) is 3.36. The smallest absolute Gasteiger partial charge is 0.147 e. The predicted molar refractivity (Wildman–Crippen MR) is 63.2 cm³/mol. The zero-order valence-electron chi connectivity index (χ0n) is 9.91. The van der Waals surface area contributed by atoms with E-state index in [0.29, 0.717) is 17.7 Å². The first kappa shape index (κ1) is 13.8. The summed E-state index contributed by atoms with van der Waals surface area (Å²) in [6.07, 6.45) is 2.95. The van der Waals surface area contributed by atoms with Gasteiger partial charge in [0, 0.05) is 18.9 Å². The summed E-state index contributed by atoms with van der Waals surface area (Å²) in [6, 6.07) is 0. The molecule has 1 atom stereocenters. The molecule has 0 aliphatic carbocycles. The summed E-state index contributed by atoms with van der Waals surface area (Å²) >= 11 is 0. The highest BCUT2D eigenvalue weighted by Gasteiger charge is 2.11. The molecule has 0 heterocycles. The lowest BCUT2D eigenvalue weighted by Crippen LogP contribution is -2.10. The number of allylic oxidation sites excluding steroid dienone is 2. The minimum absolute atomic E-state index is 0.180. The van der Waals surface area contributed by atoms with Crippen molar-refractivity contribution in [3.05, 3.63) is 23.4 Å². The third kappa shape index (κ3) is 4.70. The normalized spacial score (nSPS) is 14.9. The van der Waals surface area contributed by atoms with E-state index in [1.165, 1.54) is 0 Å². The van der Waals surface area contributed by atoms with Crippen LogP contribution in [0.15, 0.2) is 28.4 Å². The fraction of sp³-hybridized carbons (Fsp3) is 0.500. The van der Waals surface area contributed by atoms with Crippen LogP contribution in [0.3, 0.4) is 0 Å². The summed E-state index contributed by atoms with van der Waals surface area (Å²) in [6.45, 7) is 9.36. The molecule has 84 valence electrons. The number of ether oxygens (including phenoxy) is 1. The van der Waals surface area contributed by atoms with Gasteiger partial charge < -0.3 is 4.74 Å². The number of aliphatic imine (C=N–C) groups is 1. The van der Waals surface area contributed by atoms with E-state index in [1.807, 2.05) is 20.8 Å². The quantitative estimate of drug-likeness (QED) is 0.383. The van der Waals surface area contributed by atoms with Crippen LogP contribution in [-0.2, 0) is 9.53 Å². The molecule has 0 rings (SSSR count). The molecule has 15 heavy (non-hydrogen) atoms. The topological polar surface area (TPSA) is 38.7 Å². The fourth-order valence-electron chi connectivity index (χ4n) is 1.07. The molecule has 3 nitrogen and oxygen atoms in total. The van der Waals surface area contributed by atoms with E-state index in [0.717, 1.165) is 11.9 Å². The van der Waals surface area contributed by atoms with Crippen molar-refractivity contribution in [1.82, 2.24) is 0 Å². The maximum absolute atomic E-state index is 10.8. The molecule has 0 aromatic rings. The lowest BCUT2D eigenvalue weighted by molar-refractivity contribution is -0.105. The highest BCUT2D eigenvalue weighted by Crippen LogP contribution is 2.14. The first-order valence-electron chi connectivity index (χ1n) is 4.97. The Morgan fingerprint density at radius 2 is 2.20 bits per heavy atom. The van der Waals surface area contributed by atoms with Crippen LogP contribution in [0.1, 0.15) is 27.2 Å². The number of carbonyl (C=O) groups excluding carboxylic acids is 1. The zero-order valence-corrected chi connectivity index (χ0v) is 9.91. The van der Waals surface area contributed by atoms with Crippen LogP contribution < -0.4 is 0 Å². The van der Waals surface area contributed by atoms with Crippen molar-refractivity contribution in [2.24, 2.45) is 4.99 Å². The summed E-state index contributed by atoms with van der Waals surface area (Å²) in [5.74, 6) is 0. The average molecular weight is 209 g/mol. The molecule has 0 aliphatic heterocycles. The summed E-state index contributed by atoms with van der Waals surface area (Å²) in [7, 11) is 1.60. The highest BCUT2D eigenvalue weighted by atomic mass is 16.5. The van der Waals surface area contributed by atoms with Crippen molar-refractivity contribution >= 4 is 12.5 Å². The maximum Gasteiger partial charge on any atom is 0.147 e. The Hall–Kier alpha value is -1.22. The van der Waals surface area contributed by atoms with Gasteiger partial charge in [0.25, 0.3) is 0 Å². The number of methoxy groups -OCH3 is 1. The molecule has 0 bridgehead atoms. The third-order valence-electron chi connectivity index (χ3n) is 2.01. The van der Waals surface area contributed by atoms with Crippen LogP contribution in [0, 0.1) is 0 Å². The zero-order chi connectivity index (χ0) is 11.8. The van der Waals surface area contributed by atoms with Crippen LogP contribution in [-0.4, -0.2) is 25.7 Å². The number of carbonyl (C=O) groups is 1. The molecule has 0 saturated heterocycles. The molecule has 0 N–H and O–H groups in total. The molecular weight excluding hydrogens is 190 g/mol. The summed E-state index contributed by atoms with van der Waals surface area (Å²) < 4.78 is 5.17. The molecule has 0 saturated carbocycles. The molecule has 0 amide bonds. The molecule has 0 aromatic carbocycles. The van der Waals surface area contributed by atoms with Gasteiger partial charge in [0.1, 0.15) is 6.29 Å². The maximum atomic E-state index is 10.8. The Morgan fingerprint density at radius 3 is 2.53 bits per heavy atom. The van der Waals surface area contributed by atoms with E-state index >= 15 is 0 Å². The van der Waals surface area contributed by atoms with E-state index in [9.17, 15) is 4.79 Å². The van der Waals surface area contributed by atoms with Gasteiger partial charge >= 0.3 is 0 Å². The van der Waals surface area contributed by atoms with E-state index in [-0.39, 0.29) is 6.10 Å². The molecule has 0 aromatic heterocycles. The Bertz CT molecular complexity index is 290. The van der Waals surface area contributed by atoms with E-state index in [4.69, 9.17) is 4.74 Å². The van der Waals surface area contributed by atoms with Gasteiger partial charge in [0.15, 0.2) is 0 Å². The monoisotopic (exact) mass is 209 g/mol. The molecule has 0 aliphatic rings. The molecule has 0 fully saturated rings. The van der Waals surface area contributed by atoms with Crippen molar-refractivity contribution in [2.75, 3.05) is 7.11 Å². The van der Waals surface area contributed by atoms with Gasteiger partial charge in [-0.2, -0.15) is 0 Å². The number of hydrogen-bond acceptors (Lipinski definition) is 3. The minimum atomic E-state index is -0.180. The highest BCUT2D eigenvalue weighted by molar-refractivity contribution is 5.80. The SMILES string of the molecule is C=C(C)C=N/C(=C(/C=O)CC)C(C)OC. The largest absolute Gasteiger partial charge is 0.375 e. The van der Waals surface area contributed by atoms with E-state index < -0.39 is 0 Å². The van der Waals surface area contributed by atoms with Gasteiger partial charge in [-0.1, -0.05) is 13.5 Å². The lowest BCUT2D eigenvalue weighted by atomic mass is 10.1. The van der Waals surface area contributed by atoms with Gasteiger partial charge in [0.05, 0.1) is 11.8 Å². The molecule has 3 heteroatoms. The van der Waals surface area contributed by atoms with Crippen LogP contribution in [0.25, 0.3) is 0 Å². The Balaban J connectivity index is 5.12. The van der Waals surface area contributed by atoms with Gasteiger partial charge in [0.2, 0.25) is 0 Å². The van der Waals surface area contributed by atoms with Crippen molar-refractivity contribution in [1.29, 1.82) is 0 Å².